The molecule has 1 fully saturated rings. The zero-order chi connectivity index (χ0) is 16.1. The minimum Gasteiger partial charge on any atom is -0.348 e. The Balaban J connectivity index is 1.75. The molecule has 0 saturated carbocycles. The minimum absolute atomic E-state index is 0.0390. The molecule has 0 aliphatic carbocycles. The van der Waals surface area contributed by atoms with Crippen molar-refractivity contribution in [2.45, 2.75) is 25.8 Å². The highest BCUT2D eigenvalue weighted by Crippen LogP contribution is 2.16. The summed E-state index contributed by atoms with van der Waals surface area (Å²) in [4.78, 5) is 12.7. The van der Waals surface area contributed by atoms with Crippen LogP contribution >= 0.6 is 0 Å². The highest BCUT2D eigenvalue weighted by molar-refractivity contribution is 5.96. The molecule has 2 aromatic carbocycles. The zero-order valence-electron chi connectivity index (χ0n) is 13.6. The van der Waals surface area contributed by atoms with Crippen LogP contribution < -0.4 is 10.6 Å². The number of hydrogen-bond acceptors (Lipinski definition) is 2. The largest absolute Gasteiger partial charge is 0.348 e. The Morgan fingerprint density at radius 3 is 2.65 bits per heavy atom. The predicted molar refractivity (Wildman–Crippen MR) is 93.6 cm³/mol. The second-order valence-electron chi connectivity index (χ2n) is 6.37. The summed E-state index contributed by atoms with van der Waals surface area (Å²) in [6.45, 7) is 4.10. The maximum absolute atomic E-state index is 12.7. The molecule has 3 heteroatoms. The van der Waals surface area contributed by atoms with E-state index in [4.69, 9.17) is 0 Å². The second-order valence-corrected chi connectivity index (χ2v) is 6.37. The summed E-state index contributed by atoms with van der Waals surface area (Å²) >= 11 is 0. The van der Waals surface area contributed by atoms with E-state index < -0.39 is 0 Å². The molecule has 2 N–H and O–H groups in total. The van der Waals surface area contributed by atoms with E-state index in [2.05, 4.69) is 29.7 Å². The molecular weight excluding hydrogens is 284 g/mol. The van der Waals surface area contributed by atoms with Gasteiger partial charge in [-0.1, -0.05) is 55.5 Å². The predicted octanol–water partition coefficient (Wildman–Crippen LogP) is 3.01. The minimum atomic E-state index is 0.0390. The summed E-state index contributed by atoms with van der Waals surface area (Å²) in [5.74, 6) is 0.554. The van der Waals surface area contributed by atoms with Gasteiger partial charge in [-0.2, -0.15) is 0 Å². The Bertz CT molecular complexity index is 654. The monoisotopic (exact) mass is 308 g/mol. The normalized spacial score (nSPS) is 20.9. The molecule has 2 unspecified atom stereocenters. The van der Waals surface area contributed by atoms with Crippen LogP contribution in [0.1, 0.15) is 34.8 Å². The first kappa shape index (κ1) is 15.8. The first-order valence-corrected chi connectivity index (χ1v) is 8.37. The summed E-state index contributed by atoms with van der Waals surface area (Å²) in [5, 5.41) is 6.57. The van der Waals surface area contributed by atoms with E-state index in [1.54, 1.807) is 0 Å². The molecule has 0 radical (unpaired) electrons. The van der Waals surface area contributed by atoms with Crippen molar-refractivity contribution in [3.05, 3.63) is 71.3 Å². The van der Waals surface area contributed by atoms with Gasteiger partial charge in [-0.25, -0.2) is 0 Å². The van der Waals surface area contributed by atoms with Gasteiger partial charge < -0.3 is 10.6 Å². The van der Waals surface area contributed by atoms with Gasteiger partial charge in [0.2, 0.25) is 0 Å². The molecule has 3 nitrogen and oxygen atoms in total. The van der Waals surface area contributed by atoms with Gasteiger partial charge in [0.15, 0.2) is 0 Å². The van der Waals surface area contributed by atoms with E-state index in [1.165, 1.54) is 5.56 Å². The van der Waals surface area contributed by atoms with Crippen LogP contribution in [0.4, 0.5) is 0 Å². The number of amides is 1. The van der Waals surface area contributed by atoms with Gasteiger partial charge in [-0.3, -0.25) is 4.79 Å². The molecule has 120 valence electrons. The average molecular weight is 308 g/mol. The van der Waals surface area contributed by atoms with Gasteiger partial charge in [-0.05, 0) is 42.5 Å². The zero-order valence-corrected chi connectivity index (χ0v) is 13.6. The van der Waals surface area contributed by atoms with Crippen LogP contribution in [-0.2, 0) is 6.42 Å². The van der Waals surface area contributed by atoms with Gasteiger partial charge in [0.05, 0.1) is 0 Å². The Morgan fingerprint density at radius 1 is 1.13 bits per heavy atom. The van der Waals surface area contributed by atoms with E-state index in [0.29, 0.717) is 5.92 Å². The van der Waals surface area contributed by atoms with Crippen LogP contribution in [0.15, 0.2) is 54.6 Å². The molecule has 2 atom stereocenters. The molecule has 0 bridgehead atoms. The quantitative estimate of drug-likeness (QED) is 0.911. The Hall–Kier alpha value is -2.13. The number of piperidine rings is 1. The van der Waals surface area contributed by atoms with Crippen LogP contribution in [0.25, 0.3) is 0 Å². The Kier molecular flexibility index (Phi) is 5.09. The molecule has 1 amide bonds. The first-order chi connectivity index (χ1) is 11.2. The maximum Gasteiger partial charge on any atom is 0.251 e. The summed E-state index contributed by atoms with van der Waals surface area (Å²) in [5.41, 5.74) is 3.09. The SMILES string of the molecule is CC1CCNCC1NC(=O)c1ccccc1Cc1ccccc1. The van der Waals surface area contributed by atoms with Gasteiger partial charge in [0, 0.05) is 18.2 Å². The van der Waals surface area contributed by atoms with Crippen molar-refractivity contribution in [1.29, 1.82) is 0 Å². The Morgan fingerprint density at radius 2 is 1.87 bits per heavy atom. The Labute approximate surface area is 138 Å². The highest BCUT2D eigenvalue weighted by Gasteiger charge is 2.23. The molecule has 1 aliphatic rings. The lowest BCUT2D eigenvalue weighted by molar-refractivity contribution is 0.0914. The van der Waals surface area contributed by atoms with E-state index in [9.17, 15) is 4.79 Å². The molecule has 2 aromatic rings. The second kappa shape index (κ2) is 7.42. The molecule has 0 spiro atoms. The summed E-state index contributed by atoms with van der Waals surface area (Å²) in [6, 6.07) is 18.4. The van der Waals surface area contributed by atoms with E-state index in [1.807, 2.05) is 42.5 Å². The molecule has 0 aromatic heterocycles. The van der Waals surface area contributed by atoms with Crippen LogP contribution in [0.3, 0.4) is 0 Å². The number of hydrogen-bond donors (Lipinski definition) is 2. The van der Waals surface area contributed by atoms with E-state index >= 15 is 0 Å². The molecule has 23 heavy (non-hydrogen) atoms. The van der Waals surface area contributed by atoms with E-state index in [0.717, 1.165) is 37.1 Å². The van der Waals surface area contributed by atoms with Crippen molar-refractivity contribution in [2.24, 2.45) is 5.92 Å². The van der Waals surface area contributed by atoms with Crippen molar-refractivity contribution in [2.75, 3.05) is 13.1 Å². The van der Waals surface area contributed by atoms with Crippen molar-refractivity contribution in [3.63, 3.8) is 0 Å². The van der Waals surface area contributed by atoms with Crippen molar-refractivity contribution in [1.82, 2.24) is 10.6 Å². The third kappa shape index (κ3) is 3.99. The van der Waals surface area contributed by atoms with Crippen molar-refractivity contribution in [3.8, 4) is 0 Å². The fraction of sp³-hybridized carbons (Fsp3) is 0.350. The van der Waals surface area contributed by atoms with Crippen molar-refractivity contribution >= 4 is 5.91 Å². The molecule has 1 heterocycles. The van der Waals surface area contributed by atoms with Gasteiger partial charge in [0.25, 0.3) is 5.91 Å². The van der Waals surface area contributed by atoms with Crippen LogP contribution in [0.2, 0.25) is 0 Å². The van der Waals surface area contributed by atoms with Crippen LogP contribution in [0.5, 0.6) is 0 Å². The first-order valence-electron chi connectivity index (χ1n) is 8.37. The molecular formula is C20H24N2O. The highest BCUT2D eigenvalue weighted by atomic mass is 16.1. The third-order valence-corrected chi connectivity index (χ3v) is 4.64. The standard InChI is InChI=1S/C20H24N2O/c1-15-11-12-21-14-19(15)22-20(23)18-10-6-5-9-17(18)13-16-7-3-2-4-8-16/h2-10,15,19,21H,11-14H2,1H3,(H,22,23). The van der Waals surface area contributed by atoms with Crippen LogP contribution in [-0.4, -0.2) is 25.0 Å². The van der Waals surface area contributed by atoms with Crippen LogP contribution in [0, 0.1) is 5.92 Å². The van der Waals surface area contributed by atoms with Crippen molar-refractivity contribution < 1.29 is 4.79 Å². The smallest absolute Gasteiger partial charge is 0.251 e. The number of carbonyl (C=O) groups is 1. The van der Waals surface area contributed by atoms with Gasteiger partial charge >= 0.3 is 0 Å². The molecule has 1 aliphatic heterocycles. The van der Waals surface area contributed by atoms with Gasteiger partial charge in [-0.15, -0.1) is 0 Å². The fourth-order valence-corrected chi connectivity index (χ4v) is 3.14. The lowest BCUT2D eigenvalue weighted by Crippen LogP contribution is -2.50. The lowest BCUT2D eigenvalue weighted by atomic mass is 9.94. The van der Waals surface area contributed by atoms with Gasteiger partial charge in [0.1, 0.15) is 0 Å². The topological polar surface area (TPSA) is 41.1 Å². The number of nitrogens with one attached hydrogen (secondary N) is 2. The summed E-state index contributed by atoms with van der Waals surface area (Å²) in [6.07, 6.45) is 1.89. The van der Waals surface area contributed by atoms with E-state index in [-0.39, 0.29) is 11.9 Å². The number of benzene rings is 2. The lowest BCUT2D eigenvalue weighted by Gasteiger charge is -2.30. The fourth-order valence-electron chi connectivity index (χ4n) is 3.14. The number of carbonyl (C=O) groups excluding carboxylic acids is 1. The maximum atomic E-state index is 12.7. The molecule has 3 rings (SSSR count). The summed E-state index contributed by atoms with van der Waals surface area (Å²) < 4.78 is 0. The molecule has 1 saturated heterocycles. The average Bonchev–Trinajstić information content (AvgIpc) is 2.58. The third-order valence-electron chi connectivity index (χ3n) is 4.64. The number of rotatable bonds is 4. The summed E-state index contributed by atoms with van der Waals surface area (Å²) in [7, 11) is 0.